The number of aromatic nitrogens is 1. The maximum absolute atomic E-state index is 11.8. The molecule has 0 aliphatic carbocycles. The van der Waals surface area contributed by atoms with Crippen LogP contribution in [-0.4, -0.2) is 23.3 Å². The van der Waals surface area contributed by atoms with Gasteiger partial charge in [0, 0.05) is 15.3 Å². The maximum Gasteiger partial charge on any atom is 0.341 e. The minimum atomic E-state index is -0.665. The second kappa shape index (κ2) is 6.81. The predicted octanol–water partition coefficient (Wildman–Crippen LogP) is 3.38. The van der Waals surface area contributed by atoms with Crippen molar-refractivity contribution in [1.82, 2.24) is 4.98 Å². The molecule has 2 aromatic rings. The summed E-state index contributed by atoms with van der Waals surface area (Å²) in [6.07, 6.45) is 1.47. The van der Waals surface area contributed by atoms with Gasteiger partial charge in [0.25, 0.3) is 0 Å². The molecule has 0 spiro atoms. The molecule has 0 fully saturated rings. The molecule has 4 nitrogen and oxygen atoms in total. The standard InChI is InChI=1S/C14H9ClINO3/c15-13-11(2-1-7-17-13)14(19)20-8-12(18)9-3-5-10(16)6-4-9/h1-7H,8H2. The number of hydrogen-bond acceptors (Lipinski definition) is 4. The molecule has 0 amide bonds. The Hall–Kier alpha value is -1.47. The molecule has 0 atom stereocenters. The molecular weight excluding hydrogens is 393 g/mol. The van der Waals surface area contributed by atoms with Crippen LogP contribution in [0.3, 0.4) is 0 Å². The lowest BCUT2D eigenvalue weighted by Crippen LogP contribution is -2.14. The van der Waals surface area contributed by atoms with Crippen molar-refractivity contribution in [3.05, 3.63) is 62.4 Å². The fourth-order valence-electron chi connectivity index (χ4n) is 1.47. The molecule has 102 valence electrons. The number of hydrogen-bond donors (Lipinski definition) is 0. The first kappa shape index (κ1) is 14.9. The van der Waals surface area contributed by atoms with Crippen LogP contribution in [0, 0.1) is 3.57 Å². The predicted molar refractivity (Wildman–Crippen MR) is 83.0 cm³/mol. The Kier molecular flexibility index (Phi) is 5.08. The molecule has 0 aliphatic heterocycles. The normalized spacial score (nSPS) is 10.1. The van der Waals surface area contributed by atoms with E-state index in [9.17, 15) is 9.59 Å². The average molecular weight is 402 g/mol. The van der Waals surface area contributed by atoms with Gasteiger partial charge in [-0.1, -0.05) is 23.7 Å². The van der Waals surface area contributed by atoms with E-state index in [1.54, 1.807) is 18.2 Å². The molecule has 20 heavy (non-hydrogen) atoms. The largest absolute Gasteiger partial charge is 0.454 e. The van der Waals surface area contributed by atoms with Gasteiger partial charge < -0.3 is 4.74 Å². The number of pyridine rings is 1. The van der Waals surface area contributed by atoms with Crippen LogP contribution in [0.2, 0.25) is 5.15 Å². The van der Waals surface area contributed by atoms with Gasteiger partial charge in [-0.15, -0.1) is 0 Å². The summed E-state index contributed by atoms with van der Waals surface area (Å²) in [5.74, 6) is -0.934. The Balaban J connectivity index is 1.99. The highest BCUT2D eigenvalue weighted by atomic mass is 127. The van der Waals surface area contributed by atoms with Crippen molar-refractivity contribution in [2.45, 2.75) is 0 Å². The monoisotopic (exact) mass is 401 g/mol. The number of ether oxygens (including phenoxy) is 1. The van der Waals surface area contributed by atoms with Gasteiger partial charge >= 0.3 is 5.97 Å². The van der Waals surface area contributed by atoms with Crippen molar-refractivity contribution in [3.63, 3.8) is 0 Å². The second-order valence-corrected chi connectivity index (χ2v) is 5.45. The van der Waals surface area contributed by atoms with Gasteiger partial charge in [-0.05, 0) is 46.9 Å². The molecule has 0 unspecified atom stereocenters. The number of carbonyl (C=O) groups is 2. The third-order valence-electron chi connectivity index (χ3n) is 2.48. The Morgan fingerprint density at radius 1 is 1.20 bits per heavy atom. The quantitative estimate of drug-likeness (QED) is 0.341. The summed E-state index contributed by atoms with van der Waals surface area (Å²) in [7, 11) is 0. The number of nitrogens with zero attached hydrogens (tertiary/aromatic N) is 1. The molecule has 2 rings (SSSR count). The van der Waals surface area contributed by atoms with E-state index in [0.717, 1.165) is 3.57 Å². The van der Waals surface area contributed by atoms with Crippen molar-refractivity contribution in [1.29, 1.82) is 0 Å². The van der Waals surface area contributed by atoms with E-state index < -0.39 is 5.97 Å². The number of Topliss-reactive ketones (excluding diaryl/α,β-unsaturated/α-hetero) is 1. The molecule has 6 heteroatoms. The van der Waals surface area contributed by atoms with Crippen LogP contribution < -0.4 is 0 Å². The van der Waals surface area contributed by atoms with Gasteiger partial charge in [-0.2, -0.15) is 0 Å². The SMILES string of the molecule is O=C(COC(=O)c1cccnc1Cl)c1ccc(I)cc1. The molecule has 0 saturated carbocycles. The van der Waals surface area contributed by atoms with Crippen molar-refractivity contribution in [2.75, 3.05) is 6.61 Å². The lowest BCUT2D eigenvalue weighted by atomic mass is 10.1. The van der Waals surface area contributed by atoms with Crippen molar-refractivity contribution in [3.8, 4) is 0 Å². The molecule has 0 bridgehead atoms. The summed E-state index contributed by atoms with van der Waals surface area (Å²) >= 11 is 7.92. The van der Waals surface area contributed by atoms with Crippen LogP contribution in [-0.2, 0) is 4.74 Å². The molecule has 0 radical (unpaired) electrons. The van der Waals surface area contributed by atoms with E-state index in [2.05, 4.69) is 27.6 Å². The Labute approximate surface area is 134 Å². The summed E-state index contributed by atoms with van der Waals surface area (Å²) in [4.78, 5) is 27.4. The Morgan fingerprint density at radius 2 is 1.90 bits per heavy atom. The van der Waals surface area contributed by atoms with E-state index in [0.29, 0.717) is 5.56 Å². The third kappa shape index (κ3) is 3.77. The molecule has 0 aliphatic rings. The van der Waals surface area contributed by atoms with E-state index in [-0.39, 0.29) is 23.1 Å². The molecule has 1 aromatic carbocycles. The molecule has 1 heterocycles. The third-order valence-corrected chi connectivity index (χ3v) is 3.50. The maximum atomic E-state index is 11.8. The lowest BCUT2D eigenvalue weighted by Gasteiger charge is -2.05. The summed E-state index contributed by atoms with van der Waals surface area (Å²) < 4.78 is 5.97. The van der Waals surface area contributed by atoms with Crippen LogP contribution in [0.1, 0.15) is 20.7 Å². The highest BCUT2D eigenvalue weighted by Gasteiger charge is 2.14. The Bertz CT molecular complexity index is 643. The highest BCUT2D eigenvalue weighted by molar-refractivity contribution is 14.1. The number of carbonyl (C=O) groups excluding carboxylic acids is 2. The molecular formula is C14H9ClINO3. The van der Waals surface area contributed by atoms with Crippen LogP contribution in [0.15, 0.2) is 42.6 Å². The summed E-state index contributed by atoms with van der Waals surface area (Å²) in [6.45, 7) is -0.329. The van der Waals surface area contributed by atoms with E-state index in [4.69, 9.17) is 16.3 Å². The van der Waals surface area contributed by atoms with E-state index in [1.807, 2.05) is 12.1 Å². The van der Waals surface area contributed by atoms with Crippen LogP contribution in [0.5, 0.6) is 0 Å². The van der Waals surface area contributed by atoms with Crippen LogP contribution in [0.4, 0.5) is 0 Å². The number of rotatable bonds is 4. The van der Waals surface area contributed by atoms with Crippen molar-refractivity contribution in [2.24, 2.45) is 0 Å². The fourth-order valence-corrected chi connectivity index (χ4v) is 2.02. The minimum absolute atomic E-state index is 0.0548. The number of ketones is 1. The fraction of sp³-hybridized carbons (Fsp3) is 0.0714. The molecule has 0 N–H and O–H groups in total. The lowest BCUT2D eigenvalue weighted by molar-refractivity contribution is 0.0474. The minimum Gasteiger partial charge on any atom is -0.454 e. The van der Waals surface area contributed by atoms with Gasteiger partial charge in [0.15, 0.2) is 12.4 Å². The van der Waals surface area contributed by atoms with Crippen molar-refractivity contribution >= 4 is 45.9 Å². The van der Waals surface area contributed by atoms with Gasteiger partial charge in [-0.3, -0.25) is 4.79 Å². The number of esters is 1. The topological polar surface area (TPSA) is 56.3 Å². The van der Waals surface area contributed by atoms with Crippen LogP contribution in [0.25, 0.3) is 0 Å². The van der Waals surface area contributed by atoms with Gasteiger partial charge in [0.1, 0.15) is 5.15 Å². The first-order valence-electron chi connectivity index (χ1n) is 5.64. The molecule has 0 saturated heterocycles. The summed E-state index contributed by atoms with van der Waals surface area (Å²) in [5, 5.41) is 0.0548. The summed E-state index contributed by atoms with van der Waals surface area (Å²) in [6, 6.07) is 10.1. The zero-order valence-corrected chi connectivity index (χ0v) is 13.1. The first-order chi connectivity index (χ1) is 9.58. The highest BCUT2D eigenvalue weighted by Crippen LogP contribution is 2.13. The average Bonchev–Trinajstić information content (AvgIpc) is 2.45. The number of benzene rings is 1. The second-order valence-electron chi connectivity index (χ2n) is 3.85. The van der Waals surface area contributed by atoms with E-state index in [1.165, 1.54) is 12.3 Å². The zero-order chi connectivity index (χ0) is 14.5. The van der Waals surface area contributed by atoms with Crippen LogP contribution >= 0.6 is 34.2 Å². The van der Waals surface area contributed by atoms with Gasteiger partial charge in [0.2, 0.25) is 0 Å². The first-order valence-corrected chi connectivity index (χ1v) is 7.10. The molecule has 1 aromatic heterocycles. The smallest absolute Gasteiger partial charge is 0.341 e. The Morgan fingerprint density at radius 3 is 2.55 bits per heavy atom. The van der Waals surface area contributed by atoms with Crippen molar-refractivity contribution < 1.29 is 14.3 Å². The number of halogens is 2. The van der Waals surface area contributed by atoms with Gasteiger partial charge in [0.05, 0.1) is 5.56 Å². The van der Waals surface area contributed by atoms with E-state index >= 15 is 0 Å². The van der Waals surface area contributed by atoms with Gasteiger partial charge in [-0.25, -0.2) is 9.78 Å². The zero-order valence-electron chi connectivity index (χ0n) is 10.2. The summed E-state index contributed by atoms with van der Waals surface area (Å²) in [5.41, 5.74) is 0.639.